The molecule has 0 aliphatic rings. The van der Waals surface area contributed by atoms with Crippen LogP contribution in [0.3, 0.4) is 0 Å². The molecule has 3 rings (SSSR count). The molecule has 0 spiro atoms. The van der Waals surface area contributed by atoms with Gasteiger partial charge in [-0.3, -0.25) is 9.78 Å². The Hall–Kier alpha value is -3.70. The summed E-state index contributed by atoms with van der Waals surface area (Å²) in [5, 5.41) is 12.6. The van der Waals surface area contributed by atoms with Gasteiger partial charge in [-0.05, 0) is 37.3 Å². The van der Waals surface area contributed by atoms with Crippen LogP contribution < -0.4 is 11.1 Å². The van der Waals surface area contributed by atoms with E-state index in [1.807, 2.05) is 25.1 Å². The summed E-state index contributed by atoms with van der Waals surface area (Å²) in [6.07, 6.45) is 1.19. The molecule has 8 heteroatoms. The molecule has 0 aliphatic heterocycles. The highest BCUT2D eigenvalue weighted by molar-refractivity contribution is 7.98. The maximum atomic E-state index is 11.4. The van der Waals surface area contributed by atoms with E-state index in [-0.39, 0.29) is 17.3 Å². The first-order valence-electron chi connectivity index (χ1n) is 8.67. The minimum absolute atomic E-state index is 0.126. The summed E-state index contributed by atoms with van der Waals surface area (Å²) >= 11 is 1.40. The molecule has 0 bridgehead atoms. The molecule has 0 unspecified atom stereocenters. The third-order valence-electron chi connectivity index (χ3n) is 3.93. The molecule has 1 amide bonds. The number of nitriles is 1. The van der Waals surface area contributed by atoms with Gasteiger partial charge in [0, 0.05) is 22.7 Å². The third-order valence-corrected chi connectivity index (χ3v) is 4.82. The molecule has 3 aromatic rings. The zero-order chi connectivity index (χ0) is 20.8. The summed E-state index contributed by atoms with van der Waals surface area (Å²) in [7, 11) is 0. The highest BCUT2D eigenvalue weighted by atomic mass is 32.2. The number of thioether (sulfide) groups is 1. The van der Waals surface area contributed by atoms with Crippen LogP contribution in [0.25, 0.3) is 11.3 Å². The van der Waals surface area contributed by atoms with Gasteiger partial charge in [-0.15, -0.1) is 0 Å². The summed E-state index contributed by atoms with van der Waals surface area (Å²) in [5.41, 5.74) is 9.82. The lowest BCUT2D eigenvalue weighted by molar-refractivity contribution is -0.111. The lowest BCUT2D eigenvalue weighted by Crippen LogP contribution is -2.07. The monoisotopic (exact) mass is 402 g/mol. The van der Waals surface area contributed by atoms with Gasteiger partial charge in [0.05, 0.1) is 11.4 Å². The lowest BCUT2D eigenvalue weighted by atomic mass is 10.1. The largest absolute Gasteiger partial charge is 0.382 e. The van der Waals surface area contributed by atoms with Gasteiger partial charge in [0.1, 0.15) is 17.5 Å². The van der Waals surface area contributed by atoms with Crippen LogP contribution in [0.15, 0.2) is 60.3 Å². The van der Waals surface area contributed by atoms with E-state index in [1.54, 1.807) is 24.3 Å². The van der Waals surface area contributed by atoms with Crippen molar-refractivity contribution in [2.24, 2.45) is 0 Å². The van der Waals surface area contributed by atoms with Gasteiger partial charge in [-0.2, -0.15) is 5.26 Å². The molecule has 0 atom stereocenters. The first-order valence-corrected chi connectivity index (χ1v) is 9.65. The highest BCUT2D eigenvalue weighted by Crippen LogP contribution is 2.29. The van der Waals surface area contributed by atoms with E-state index in [0.29, 0.717) is 27.9 Å². The first-order chi connectivity index (χ1) is 14.0. The van der Waals surface area contributed by atoms with Gasteiger partial charge in [0.2, 0.25) is 5.91 Å². The number of carbonyl (C=O) groups excluding carboxylic acids is 1. The smallest absolute Gasteiger partial charge is 0.247 e. The summed E-state index contributed by atoms with van der Waals surface area (Å²) < 4.78 is 0. The Morgan fingerprint density at radius 2 is 2.00 bits per heavy atom. The molecule has 0 saturated carbocycles. The number of hydrogen-bond donors (Lipinski definition) is 2. The molecule has 0 aliphatic carbocycles. The first kappa shape index (κ1) is 20.0. The molecule has 1 aromatic carbocycles. The van der Waals surface area contributed by atoms with Crippen molar-refractivity contribution in [3.05, 3.63) is 72.1 Å². The number of nitrogens with zero attached hydrogens (tertiary/aromatic N) is 4. The molecule has 7 nitrogen and oxygen atoms in total. The number of pyridine rings is 1. The fraction of sp³-hybridized carbons (Fsp3) is 0.0952. The number of benzene rings is 1. The van der Waals surface area contributed by atoms with Crippen LogP contribution in [-0.2, 0) is 10.5 Å². The van der Waals surface area contributed by atoms with Crippen molar-refractivity contribution >= 4 is 29.2 Å². The Morgan fingerprint density at radius 3 is 2.66 bits per heavy atom. The standard InChI is InChI=1S/C21H18N6OS/c1-3-18(28)25-15-9-7-14(8-10-15)19-17(11-22)20(23)27-21(26-19)29-12-16-6-4-5-13(2)24-16/h3-10H,1,12H2,2H3,(H,25,28)(H2,23,26,27). The Morgan fingerprint density at radius 1 is 1.24 bits per heavy atom. The van der Waals surface area contributed by atoms with Crippen molar-refractivity contribution in [3.8, 4) is 17.3 Å². The molecule has 0 fully saturated rings. The number of hydrogen-bond acceptors (Lipinski definition) is 7. The number of anilines is 2. The normalized spacial score (nSPS) is 10.2. The summed E-state index contributed by atoms with van der Waals surface area (Å²) in [6.45, 7) is 5.36. The molecular weight excluding hydrogens is 384 g/mol. The van der Waals surface area contributed by atoms with E-state index in [0.717, 1.165) is 11.4 Å². The van der Waals surface area contributed by atoms with Gasteiger partial charge >= 0.3 is 0 Å². The fourth-order valence-corrected chi connectivity index (χ4v) is 3.32. The Labute approximate surface area is 172 Å². The lowest BCUT2D eigenvalue weighted by Gasteiger charge is -2.10. The van der Waals surface area contributed by atoms with E-state index in [4.69, 9.17) is 5.73 Å². The molecule has 2 heterocycles. The maximum absolute atomic E-state index is 11.4. The predicted molar refractivity (Wildman–Crippen MR) is 114 cm³/mol. The molecular formula is C21H18N6OS. The van der Waals surface area contributed by atoms with E-state index in [1.165, 1.54) is 17.8 Å². The molecule has 2 aromatic heterocycles. The molecule has 29 heavy (non-hydrogen) atoms. The van der Waals surface area contributed by atoms with E-state index < -0.39 is 0 Å². The SMILES string of the molecule is C=CC(=O)Nc1ccc(-c2nc(SCc3cccc(C)n3)nc(N)c2C#N)cc1. The minimum atomic E-state index is -0.301. The Balaban J connectivity index is 1.88. The number of aromatic nitrogens is 3. The average molecular weight is 402 g/mol. The second kappa shape index (κ2) is 8.99. The van der Waals surface area contributed by atoms with Gasteiger partial charge in [-0.1, -0.05) is 36.5 Å². The van der Waals surface area contributed by atoms with E-state index in [2.05, 4.69) is 32.9 Å². The molecule has 0 radical (unpaired) electrons. The van der Waals surface area contributed by atoms with Crippen molar-refractivity contribution in [2.75, 3.05) is 11.1 Å². The molecule has 3 N–H and O–H groups in total. The maximum Gasteiger partial charge on any atom is 0.247 e. The zero-order valence-corrected chi connectivity index (χ0v) is 16.5. The average Bonchev–Trinajstić information content (AvgIpc) is 2.72. The Bertz CT molecular complexity index is 1110. The van der Waals surface area contributed by atoms with Crippen LogP contribution >= 0.6 is 11.8 Å². The second-order valence-electron chi connectivity index (χ2n) is 6.06. The number of rotatable bonds is 6. The van der Waals surface area contributed by atoms with Crippen LogP contribution in [0.5, 0.6) is 0 Å². The molecule has 144 valence electrons. The number of carbonyl (C=O) groups is 1. The van der Waals surface area contributed by atoms with Gasteiger partial charge in [0.15, 0.2) is 5.16 Å². The van der Waals surface area contributed by atoms with E-state index >= 15 is 0 Å². The number of nitrogens with two attached hydrogens (primary N) is 1. The second-order valence-corrected chi connectivity index (χ2v) is 7.00. The van der Waals surface area contributed by atoms with Crippen LogP contribution in [0, 0.1) is 18.3 Å². The number of nitrogen functional groups attached to an aromatic ring is 1. The van der Waals surface area contributed by atoms with Crippen molar-refractivity contribution in [2.45, 2.75) is 17.8 Å². The van der Waals surface area contributed by atoms with Crippen LogP contribution in [0.2, 0.25) is 0 Å². The summed E-state index contributed by atoms with van der Waals surface area (Å²) in [4.78, 5) is 24.7. The van der Waals surface area contributed by atoms with Gasteiger partial charge < -0.3 is 11.1 Å². The van der Waals surface area contributed by atoms with Crippen molar-refractivity contribution < 1.29 is 4.79 Å². The number of nitrogens with one attached hydrogen (secondary N) is 1. The Kier molecular flexibility index (Phi) is 6.22. The number of amides is 1. The topological polar surface area (TPSA) is 118 Å². The third kappa shape index (κ3) is 4.97. The quantitative estimate of drug-likeness (QED) is 0.366. The summed E-state index contributed by atoms with van der Waals surface area (Å²) in [5.74, 6) is 0.408. The molecule has 0 saturated heterocycles. The van der Waals surface area contributed by atoms with Crippen LogP contribution in [0.4, 0.5) is 11.5 Å². The number of aryl methyl sites for hydroxylation is 1. The zero-order valence-electron chi connectivity index (χ0n) is 15.7. The van der Waals surface area contributed by atoms with Gasteiger partial charge in [-0.25, -0.2) is 9.97 Å². The van der Waals surface area contributed by atoms with Crippen molar-refractivity contribution in [3.63, 3.8) is 0 Å². The van der Waals surface area contributed by atoms with Crippen LogP contribution in [-0.4, -0.2) is 20.9 Å². The van der Waals surface area contributed by atoms with Crippen LogP contribution in [0.1, 0.15) is 17.0 Å². The predicted octanol–water partition coefficient (Wildman–Crippen LogP) is 3.72. The van der Waals surface area contributed by atoms with E-state index in [9.17, 15) is 10.1 Å². The fourth-order valence-electron chi connectivity index (χ4n) is 2.56. The van der Waals surface area contributed by atoms with Gasteiger partial charge in [0.25, 0.3) is 0 Å². The minimum Gasteiger partial charge on any atom is -0.382 e. The highest BCUT2D eigenvalue weighted by Gasteiger charge is 2.15. The van der Waals surface area contributed by atoms with Crippen molar-refractivity contribution in [1.29, 1.82) is 5.26 Å². The summed E-state index contributed by atoms with van der Waals surface area (Å²) in [6, 6.07) is 14.9. The van der Waals surface area contributed by atoms with Crippen molar-refractivity contribution in [1.82, 2.24) is 15.0 Å².